The summed E-state index contributed by atoms with van der Waals surface area (Å²) in [6.45, 7) is 0.837. The van der Waals surface area contributed by atoms with Gasteiger partial charge >= 0.3 is 0 Å². The van der Waals surface area contributed by atoms with Gasteiger partial charge in [-0.05, 0) is 41.7 Å². The van der Waals surface area contributed by atoms with E-state index in [2.05, 4.69) is 16.3 Å². The molecule has 0 bridgehead atoms. The molecule has 4 aromatic rings. The van der Waals surface area contributed by atoms with Crippen LogP contribution in [-0.4, -0.2) is 17.3 Å². The van der Waals surface area contributed by atoms with Crippen LogP contribution in [0.4, 0.5) is 0 Å². The lowest BCUT2D eigenvalue weighted by atomic mass is 10.1. The largest absolute Gasteiger partial charge is 0.497 e. The first kappa shape index (κ1) is 21.4. The Balaban J connectivity index is 1.48. The lowest BCUT2D eigenvalue weighted by molar-refractivity contribution is 0.243. The first-order chi connectivity index (χ1) is 15.8. The molecule has 0 radical (unpaired) electrons. The van der Waals surface area contributed by atoms with E-state index in [1.807, 2.05) is 84.9 Å². The Morgan fingerprint density at radius 2 is 1.28 bits per heavy atom. The predicted molar refractivity (Wildman–Crippen MR) is 124 cm³/mol. The van der Waals surface area contributed by atoms with E-state index in [9.17, 15) is 0 Å². The minimum absolute atomic E-state index is 0.398. The van der Waals surface area contributed by atoms with Gasteiger partial charge in [0, 0.05) is 6.07 Å². The molecule has 0 saturated heterocycles. The minimum atomic E-state index is 0.398. The standard InChI is InChI=1S/C27H26N2O3/c1-30-25-14-8-13-21(17-25)15-16-24-18-26(31-19-22-9-4-2-5-10-22)27(29-28-24)32-20-23-11-6-3-7-12-23/h2-14,17-18H,15-16,19-20H2,1H3. The molecule has 0 amide bonds. The lowest BCUT2D eigenvalue weighted by Gasteiger charge is -2.13. The Bertz CT molecular complexity index is 1120. The van der Waals surface area contributed by atoms with Gasteiger partial charge in [-0.2, -0.15) is 5.10 Å². The van der Waals surface area contributed by atoms with Crippen LogP contribution in [0, 0.1) is 0 Å². The van der Waals surface area contributed by atoms with Gasteiger partial charge in [-0.15, -0.1) is 5.10 Å². The molecule has 1 heterocycles. The highest BCUT2D eigenvalue weighted by Crippen LogP contribution is 2.27. The fourth-order valence-electron chi connectivity index (χ4n) is 3.29. The molecule has 0 spiro atoms. The van der Waals surface area contributed by atoms with E-state index < -0.39 is 0 Å². The van der Waals surface area contributed by atoms with Crippen molar-refractivity contribution in [2.45, 2.75) is 26.1 Å². The second kappa shape index (κ2) is 11.0. The molecular weight excluding hydrogens is 400 g/mol. The Morgan fingerprint density at radius 3 is 1.97 bits per heavy atom. The van der Waals surface area contributed by atoms with E-state index >= 15 is 0 Å². The normalized spacial score (nSPS) is 10.5. The molecule has 0 aliphatic rings. The molecule has 32 heavy (non-hydrogen) atoms. The van der Waals surface area contributed by atoms with Crippen LogP contribution >= 0.6 is 0 Å². The number of benzene rings is 3. The molecule has 4 rings (SSSR count). The molecule has 5 heteroatoms. The van der Waals surface area contributed by atoms with Gasteiger partial charge in [0.15, 0.2) is 5.75 Å². The summed E-state index contributed by atoms with van der Waals surface area (Å²) in [7, 11) is 1.68. The second-order valence-electron chi connectivity index (χ2n) is 7.41. The number of ether oxygens (including phenoxy) is 3. The highest BCUT2D eigenvalue weighted by atomic mass is 16.5. The third-order valence-corrected chi connectivity index (χ3v) is 5.04. The van der Waals surface area contributed by atoms with Crippen LogP contribution in [0.5, 0.6) is 17.4 Å². The van der Waals surface area contributed by atoms with Crippen molar-refractivity contribution in [1.29, 1.82) is 0 Å². The number of aryl methyl sites for hydroxylation is 2. The van der Waals surface area contributed by atoms with Crippen molar-refractivity contribution in [3.63, 3.8) is 0 Å². The fraction of sp³-hybridized carbons (Fsp3) is 0.185. The summed E-state index contributed by atoms with van der Waals surface area (Å²) < 4.78 is 17.4. The molecule has 0 atom stereocenters. The molecule has 0 aliphatic heterocycles. The maximum absolute atomic E-state index is 6.09. The zero-order valence-electron chi connectivity index (χ0n) is 18.1. The summed E-state index contributed by atoms with van der Waals surface area (Å²) in [6, 6.07) is 30.0. The number of methoxy groups -OCH3 is 1. The molecule has 0 saturated carbocycles. The van der Waals surface area contributed by atoms with E-state index in [4.69, 9.17) is 14.2 Å². The molecule has 0 aliphatic carbocycles. The highest BCUT2D eigenvalue weighted by molar-refractivity contribution is 5.35. The number of rotatable bonds is 10. The van der Waals surface area contributed by atoms with Crippen molar-refractivity contribution in [3.8, 4) is 17.4 Å². The minimum Gasteiger partial charge on any atom is -0.497 e. The van der Waals surface area contributed by atoms with Crippen LogP contribution in [0.25, 0.3) is 0 Å². The van der Waals surface area contributed by atoms with Crippen LogP contribution < -0.4 is 14.2 Å². The molecule has 162 valence electrons. The smallest absolute Gasteiger partial charge is 0.276 e. The molecule has 5 nitrogen and oxygen atoms in total. The van der Waals surface area contributed by atoms with E-state index in [1.165, 1.54) is 5.56 Å². The number of hydrogen-bond acceptors (Lipinski definition) is 5. The average molecular weight is 427 g/mol. The van der Waals surface area contributed by atoms with Crippen molar-refractivity contribution in [1.82, 2.24) is 10.2 Å². The Morgan fingerprint density at radius 1 is 0.625 bits per heavy atom. The van der Waals surface area contributed by atoms with Gasteiger partial charge < -0.3 is 14.2 Å². The zero-order chi connectivity index (χ0) is 22.0. The van der Waals surface area contributed by atoms with Crippen molar-refractivity contribution < 1.29 is 14.2 Å². The SMILES string of the molecule is COc1cccc(CCc2cc(OCc3ccccc3)c(OCc3ccccc3)nn2)c1. The van der Waals surface area contributed by atoms with Crippen LogP contribution in [0.1, 0.15) is 22.4 Å². The van der Waals surface area contributed by atoms with Crippen LogP contribution in [0.2, 0.25) is 0 Å². The van der Waals surface area contributed by atoms with Gasteiger partial charge in [0.1, 0.15) is 19.0 Å². The van der Waals surface area contributed by atoms with Crippen LogP contribution in [-0.2, 0) is 26.1 Å². The van der Waals surface area contributed by atoms with E-state index in [0.717, 1.165) is 35.4 Å². The Hall–Kier alpha value is -3.86. The van der Waals surface area contributed by atoms with Gasteiger partial charge in [0.05, 0.1) is 12.8 Å². The zero-order valence-corrected chi connectivity index (χ0v) is 18.1. The molecule has 1 aromatic heterocycles. The maximum Gasteiger partial charge on any atom is 0.276 e. The number of hydrogen-bond donors (Lipinski definition) is 0. The summed E-state index contributed by atoms with van der Waals surface area (Å²) in [5.41, 5.74) is 4.17. The van der Waals surface area contributed by atoms with Gasteiger partial charge in [0.25, 0.3) is 5.88 Å². The average Bonchev–Trinajstić information content (AvgIpc) is 2.87. The molecule has 0 fully saturated rings. The van der Waals surface area contributed by atoms with Crippen molar-refractivity contribution in [2.24, 2.45) is 0 Å². The molecule has 0 unspecified atom stereocenters. The van der Waals surface area contributed by atoms with E-state index in [1.54, 1.807) is 7.11 Å². The third-order valence-electron chi connectivity index (χ3n) is 5.04. The van der Waals surface area contributed by atoms with E-state index in [0.29, 0.717) is 24.8 Å². The summed E-state index contributed by atoms with van der Waals surface area (Å²) in [4.78, 5) is 0. The number of nitrogens with zero attached hydrogens (tertiary/aromatic N) is 2. The first-order valence-corrected chi connectivity index (χ1v) is 10.6. The maximum atomic E-state index is 6.09. The van der Waals surface area contributed by atoms with Crippen LogP contribution in [0.3, 0.4) is 0 Å². The monoisotopic (exact) mass is 426 g/mol. The van der Waals surface area contributed by atoms with Gasteiger partial charge in [-0.25, -0.2) is 0 Å². The van der Waals surface area contributed by atoms with Crippen LogP contribution in [0.15, 0.2) is 91.0 Å². The summed E-state index contributed by atoms with van der Waals surface area (Å²) in [5.74, 6) is 1.85. The summed E-state index contributed by atoms with van der Waals surface area (Å²) >= 11 is 0. The van der Waals surface area contributed by atoms with Crippen molar-refractivity contribution in [2.75, 3.05) is 7.11 Å². The molecule has 0 N–H and O–H groups in total. The van der Waals surface area contributed by atoms with Crippen molar-refractivity contribution >= 4 is 0 Å². The topological polar surface area (TPSA) is 53.5 Å². The third kappa shape index (κ3) is 6.08. The quantitative estimate of drug-likeness (QED) is 0.339. The Kier molecular flexibility index (Phi) is 7.32. The lowest BCUT2D eigenvalue weighted by Crippen LogP contribution is -2.06. The summed E-state index contributed by atoms with van der Waals surface area (Å²) in [5, 5.41) is 8.71. The van der Waals surface area contributed by atoms with Gasteiger partial charge in [-0.1, -0.05) is 72.8 Å². The fourth-order valence-corrected chi connectivity index (χ4v) is 3.29. The number of aromatic nitrogens is 2. The highest BCUT2D eigenvalue weighted by Gasteiger charge is 2.12. The van der Waals surface area contributed by atoms with E-state index in [-0.39, 0.29) is 0 Å². The summed E-state index contributed by atoms with van der Waals surface area (Å²) in [6.07, 6.45) is 1.56. The second-order valence-corrected chi connectivity index (χ2v) is 7.41. The molecule has 3 aromatic carbocycles. The molecular formula is C27H26N2O3. The van der Waals surface area contributed by atoms with Gasteiger partial charge in [-0.3, -0.25) is 0 Å². The first-order valence-electron chi connectivity index (χ1n) is 10.6. The van der Waals surface area contributed by atoms with Crippen molar-refractivity contribution in [3.05, 3.63) is 113 Å². The van der Waals surface area contributed by atoms with Gasteiger partial charge in [0.2, 0.25) is 0 Å². The predicted octanol–water partition coefficient (Wildman–Crippen LogP) is 5.43. The Labute approximate surface area is 188 Å².